The van der Waals surface area contributed by atoms with E-state index >= 15 is 0 Å². The van der Waals surface area contributed by atoms with E-state index in [-0.39, 0.29) is 12.1 Å². The van der Waals surface area contributed by atoms with Crippen molar-refractivity contribution in [2.45, 2.75) is 25.8 Å². The summed E-state index contributed by atoms with van der Waals surface area (Å²) in [6.07, 6.45) is 1.74. The maximum Gasteiger partial charge on any atom is 0.322 e. The molecule has 1 aromatic rings. The Bertz CT molecular complexity index is 447. The molecule has 0 aromatic carbocycles. The van der Waals surface area contributed by atoms with E-state index in [1.807, 2.05) is 6.92 Å². The van der Waals surface area contributed by atoms with Crippen LogP contribution in [0.5, 0.6) is 6.01 Å². The smallest absolute Gasteiger partial charge is 0.322 e. The maximum atomic E-state index is 11.3. The van der Waals surface area contributed by atoms with E-state index in [0.717, 1.165) is 30.9 Å². The van der Waals surface area contributed by atoms with E-state index in [0.29, 0.717) is 11.9 Å². The van der Waals surface area contributed by atoms with Crippen molar-refractivity contribution in [1.82, 2.24) is 15.0 Å². The van der Waals surface area contributed by atoms with Crippen molar-refractivity contribution in [2.24, 2.45) is 0 Å². The Kier molecular flexibility index (Phi) is 4.89. The number of anilines is 2. The van der Waals surface area contributed by atoms with Gasteiger partial charge >= 0.3 is 6.01 Å². The third-order valence-electron chi connectivity index (χ3n) is 2.85. The topological polar surface area (TPSA) is 89.0 Å². The van der Waals surface area contributed by atoms with Gasteiger partial charge in [0.1, 0.15) is 0 Å². The molecule has 7 nitrogen and oxygen atoms in total. The van der Waals surface area contributed by atoms with E-state index in [2.05, 4.69) is 25.6 Å². The lowest BCUT2D eigenvalue weighted by Crippen LogP contribution is -2.30. The quantitative estimate of drug-likeness (QED) is 0.820. The largest absolute Gasteiger partial charge is 0.467 e. The van der Waals surface area contributed by atoms with Gasteiger partial charge in [0.2, 0.25) is 11.9 Å². The molecule has 0 spiro atoms. The second-order valence-electron chi connectivity index (χ2n) is 4.27. The Morgan fingerprint density at radius 3 is 2.58 bits per heavy atom. The zero-order valence-electron chi connectivity index (χ0n) is 11.2. The fourth-order valence-corrected chi connectivity index (χ4v) is 3.17. The van der Waals surface area contributed by atoms with Crippen molar-refractivity contribution in [3.05, 3.63) is 0 Å². The molecule has 0 atom stereocenters. The summed E-state index contributed by atoms with van der Waals surface area (Å²) in [7, 11) is 0.864. The van der Waals surface area contributed by atoms with Crippen molar-refractivity contribution in [1.29, 1.82) is 0 Å². The minimum atomic E-state index is -0.663. The summed E-state index contributed by atoms with van der Waals surface area (Å²) >= 11 is 0. The summed E-state index contributed by atoms with van der Waals surface area (Å²) in [6, 6.07) is 0.548. The minimum absolute atomic E-state index is 0.263. The fraction of sp³-hybridized carbons (Fsp3) is 0.727. The van der Waals surface area contributed by atoms with Crippen LogP contribution in [0.4, 0.5) is 11.9 Å². The Morgan fingerprint density at radius 2 is 1.95 bits per heavy atom. The standard InChI is InChI=1S/C11H19N5O2S/c1-3-12-9-14-10(16-11(15-9)18-2)13-8-4-6-19(17)7-5-8/h8H,3-7H2,1-2H3,(H2,12,13,14,15,16). The number of nitrogens with zero attached hydrogens (tertiary/aromatic N) is 3. The summed E-state index contributed by atoms with van der Waals surface area (Å²) in [5.41, 5.74) is 0. The van der Waals surface area contributed by atoms with Gasteiger partial charge in [0, 0.05) is 34.9 Å². The first kappa shape index (κ1) is 14.0. The summed E-state index contributed by atoms with van der Waals surface area (Å²) in [6.45, 7) is 2.70. The zero-order valence-corrected chi connectivity index (χ0v) is 12.0. The molecule has 19 heavy (non-hydrogen) atoms. The summed E-state index contributed by atoms with van der Waals surface area (Å²) in [5, 5.41) is 6.29. The van der Waals surface area contributed by atoms with Crippen LogP contribution in [0.2, 0.25) is 0 Å². The number of hydrogen-bond acceptors (Lipinski definition) is 7. The van der Waals surface area contributed by atoms with Crippen LogP contribution in [-0.4, -0.2) is 50.4 Å². The van der Waals surface area contributed by atoms with Crippen LogP contribution >= 0.6 is 0 Å². The average Bonchev–Trinajstić information content (AvgIpc) is 2.41. The molecular weight excluding hydrogens is 266 g/mol. The Balaban J connectivity index is 2.06. The molecule has 1 aliphatic heterocycles. The van der Waals surface area contributed by atoms with Crippen molar-refractivity contribution in [3.63, 3.8) is 0 Å². The van der Waals surface area contributed by atoms with Crippen LogP contribution in [0, 0.1) is 0 Å². The predicted molar refractivity (Wildman–Crippen MR) is 75.1 cm³/mol. The van der Waals surface area contributed by atoms with Crippen LogP contribution in [0.1, 0.15) is 19.8 Å². The molecule has 8 heteroatoms. The van der Waals surface area contributed by atoms with E-state index < -0.39 is 10.8 Å². The predicted octanol–water partition coefficient (Wildman–Crippen LogP) is 0.635. The number of methoxy groups -OCH3 is 1. The van der Waals surface area contributed by atoms with Crippen molar-refractivity contribution in [2.75, 3.05) is 35.8 Å². The molecular formula is C11H19N5O2S. The van der Waals surface area contributed by atoms with Gasteiger partial charge in [-0.05, 0) is 19.8 Å². The van der Waals surface area contributed by atoms with E-state index in [4.69, 9.17) is 4.74 Å². The Labute approximate surface area is 115 Å². The van der Waals surface area contributed by atoms with Crippen LogP contribution in [0.15, 0.2) is 0 Å². The number of hydrogen-bond donors (Lipinski definition) is 2. The number of rotatable bonds is 5. The van der Waals surface area contributed by atoms with Gasteiger partial charge in [-0.25, -0.2) is 0 Å². The molecule has 2 rings (SSSR count). The van der Waals surface area contributed by atoms with Gasteiger partial charge in [-0.15, -0.1) is 0 Å². The Morgan fingerprint density at radius 1 is 1.26 bits per heavy atom. The molecule has 0 amide bonds. The third kappa shape index (κ3) is 4.02. The highest BCUT2D eigenvalue weighted by Gasteiger charge is 2.19. The van der Waals surface area contributed by atoms with E-state index in [1.54, 1.807) is 0 Å². The summed E-state index contributed by atoms with van der Waals surface area (Å²) in [5.74, 6) is 2.47. The molecule has 0 radical (unpaired) electrons. The molecule has 0 saturated carbocycles. The molecule has 0 unspecified atom stereocenters. The summed E-state index contributed by atoms with van der Waals surface area (Å²) in [4.78, 5) is 12.6. The third-order valence-corrected chi connectivity index (χ3v) is 4.24. The van der Waals surface area contributed by atoms with Gasteiger partial charge in [0.25, 0.3) is 0 Å². The van der Waals surface area contributed by atoms with Gasteiger partial charge in [0.15, 0.2) is 0 Å². The second kappa shape index (κ2) is 6.65. The van der Waals surface area contributed by atoms with Crippen LogP contribution in [0.25, 0.3) is 0 Å². The van der Waals surface area contributed by atoms with E-state index in [1.165, 1.54) is 7.11 Å². The van der Waals surface area contributed by atoms with Gasteiger partial charge in [-0.1, -0.05) is 0 Å². The van der Waals surface area contributed by atoms with Crippen molar-refractivity contribution in [3.8, 4) is 6.01 Å². The normalized spacial score (nSPS) is 22.8. The van der Waals surface area contributed by atoms with Gasteiger partial charge < -0.3 is 15.4 Å². The molecule has 2 N–H and O–H groups in total. The Hall–Kier alpha value is -1.44. The summed E-state index contributed by atoms with van der Waals surface area (Å²) < 4.78 is 16.4. The number of aromatic nitrogens is 3. The van der Waals surface area contributed by atoms with Gasteiger partial charge in [-0.3, -0.25) is 4.21 Å². The number of nitrogens with one attached hydrogen (secondary N) is 2. The molecule has 1 fully saturated rings. The molecule has 1 aliphatic rings. The zero-order chi connectivity index (χ0) is 13.7. The number of ether oxygens (including phenoxy) is 1. The first-order valence-corrected chi connectivity index (χ1v) is 7.85. The lowest BCUT2D eigenvalue weighted by molar-refractivity contribution is 0.379. The van der Waals surface area contributed by atoms with Crippen LogP contribution < -0.4 is 15.4 Å². The molecule has 1 aromatic heterocycles. The highest BCUT2D eigenvalue weighted by Crippen LogP contribution is 2.16. The molecule has 106 valence electrons. The average molecular weight is 285 g/mol. The lowest BCUT2D eigenvalue weighted by Gasteiger charge is -2.22. The fourth-order valence-electron chi connectivity index (χ4n) is 1.87. The van der Waals surface area contributed by atoms with Crippen molar-refractivity contribution < 1.29 is 8.95 Å². The SMILES string of the molecule is CCNc1nc(NC2CCS(=O)CC2)nc(OC)n1. The van der Waals surface area contributed by atoms with E-state index in [9.17, 15) is 4.21 Å². The second-order valence-corrected chi connectivity index (χ2v) is 5.96. The first-order valence-electron chi connectivity index (χ1n) is 6.36. The first-order chi connectivity index (χ1) is 9.21. The highest BCUT2D eigenvalue weighted by atomic mass is 32.2. The van der Waals surface area contributed by atoms with Crippen LogP contribution in [0.3, 0.4) is 0 Å². The van der Waals surface area contributed by atoms with Crippen LogP contribution in [-0.2, 0) is 10.8 Å². The van der Waals surface area contributed by atoms with Crippen molar-refractivity contribution >= 4 is 22.7 Å². The monoisotopic (exact) mass is 285 g/mol. The van der Waals surface area contributed by atoms with Gasteiger partial charge in [0.05, 0.1) is 7.11 Å². The lowest BCUT2D eigenvalue weighted by atomic mass is 10.2. The minimum Gasteiger partial charge on any atom is -0.467 e. The molecule has 2 heterocycles. The molecule has 0 aliphatic carbocycles. The molecule has 1 saturated heterocycles. The molecule has 0 bridgehead atoms. The maximum absolute atomic E-state index is 11.3. The highest BCUT2D eigenvalue weighted by molar-refractivity contribution is 7.85. The van der Waals surface area contributed by atoms with Gasteiger partial charge in [-0.2, -0.15) is 15.0 Å².